The van der Waals surface area contributed by atoms with Gasteiger partial charge in [0.1, 0.15) is 0 Å². The van der Waals surface area contributed by atoms with Gasteiger partial charge in [0.25, 0.3) is 0 Å². The van der Waals surface area contributed by atoms with Gasteiger partial charge >= 0.3 is 5.69 Å². The SMILES string of the molecule is CCCCc1cn(CCc2ccccc2)c(=O)n1Cc1ccc(-c2ccccc2-c2nnn[nH]2)nc1. The number of nitrogens with one attached hydrogen (secondary N) is 1. The monoisotopic (exact) mass is 479 g/mol. The van der Waals surface area contributed by atoms with Gasteiger partial charge in [-0.1, -0.05) is 74.0 Å². The van der Waals surface area contributed by atoms with E-state index >= 15 is 0 Å². The van der Waals surface area contributed by atoms with E-state index in [4.69, 9.17) is 4.98 Å². The van der Waals surface area contributed by atoms with Crippen molar-refractivity contribution >= 4 is 0 Å². The second-order valence-corrected chi connectivity index (χ2v) is 8.87. The third-order valence-corrected chi connectivity index (χ3v) is 6.37. The summed E-state index contributed by atoms with van der Waals surface area (Å²) < 4.78 is 3.74. The van der Waals surface area contributed by atoms with E-state index in [9.17, 15) is 4.79 Å². The van der Waals surface area contributed by atoms with Crippen molar-refractivity contribution in [3.8, 4) is 22.6 Å². The summed E-state index contributed by atoms with van der Waals surface area (Å²) in [7, 11) is 0. The van der Waals surface area contributed by atoms with Crippen LogP contribution in [-0.2, 0) is 25.9 Å². The molecular formula is C28H29N7O. The van der Waals surface area contributed by atoms with Crippen LogP contribution in [0.3, 0.4) is 0 Å². The maximum Gasteiger partial charge on any atom is 0.328 e. The van der Waals surface area contributed by atoms with Gasteiger partial charge in [-0.25, -0.2) is 9.89 Å². The highest BCUT2D eigenvalue weighted by Gasteiger charge is 2.14. The van der Waals surface area contributed by atoms with Crippen LogP contribution in [-0.4, -0.2) is 34.7 Å². The molecule has 5 aromatic rings. The molecule has 0 amide bonds. The number of hydrogen-bond acceptors (Lipinski definition) is 5. The third kappa shape index (κ3) is 5.17. The molecule has 0 saturated heterocycles. The van der Waals surface area contributed by atoms with Gasteiger partial charge in [0, 0.05) is 35.8 Å². The van der Waals surface area contributed by atoms with Crippen molar-refractivity contribution in [2.45, 2.75) is 45.7 Å². The fraction of sp³-hybridized carbons (Fsp3) is 0.250. The van der Waals surface area contributed by atoms with E-state index in [1.54, 1.807) is 0 Å². The number of benzene rings is 2. The first kappa shape index (κ1) is 23.4. The summed E-state index contributed by atoms with van der Waals surface area (Å²) in [4.78, 5) is 18.0. The Morgan fingerprint density at radius 2 is 1.69 bits per heavy atom. The minimum atomic E-state index is 0.0317. The number of pyridine rings is 1. The molecule has 2 aromatic carbocycles. The number of aromatic amines is 1. The molecule has 5 rings (SSSR count). The summed E-state index contributed by atoms with van der Waals surface area (Å²) in [5, 5.41) is 14.2. The second-order valence-electron chi connectivity index (χ2n) is 8.87. The highest BCUT2D eigenvalue weighted by molar-refractivity contribution is 5.78. The van der Waals surface area contributed by atoms with Gasteiger partial charge in [0.05, 0.1) is 12.2 Å². The number of aromatic nitrogens is 7. The highest BCUT2D eigenvalue weighted by Crippen LogP contribution is 2.28. The van der Waals surface area contributed by atoms with Crippen molar-refractivity contribution in [3.05, 3.63) is 106 Å². The molecule has 8 heteroatoms. The first-order valence-electron chi connectivity index (χ1n) is 12.3. The van der Waals surface area contributed by atoms with E-state index in [2.05, 4.69) is 39.7 Å². The van der Waals surface area contributed by atoms with Gasteiger partial charge in [-0.3, -0.25) is 14.1 Å². The van der Waals surface area contributed by atoms with Crippen LogP contribution in [0.25, 0.3) is 22.6 Å². The molecule has 1 N–H and O–H groups in total. The lowest BCUT2D eigenvalue weighted by molar-refractivity contribution is 0.625. The fourth-order valence-corrected chi connectivity index (χ4v) is 4.41. The molecule has 0 radical (unpaired) electrons. The van der Waals surface area contributed by atoms with Crippen LogP contribution in [0.15, 0.2) is 83.9 Å². The molecule has 0 aliphatic carbocycles. The van der Waals surface area contributed by atoms with Crippen LogP contribution in [0.1, 0.15) is 36.6 Å². The number of hydrogen-bond donors (Lipinski definition) is 1. The van der Waals surface area contributed by atoms with Gasteiger partial charge in [-0.05, 0) is 46.9 Å². The van der Waals surface area contributed by atoms with E-state index in [0.717, 1.165) is 53.8 Å². The van der Waals surface area contributed by atoms with E-state index in [0.29, 0.717) is 18.9 Å². The predicted molar refractivity (Wildman–Crippen MR) is 139 cm³/mol. The summed E-state index contributed by atoms with van der Waals surface area (Å²) in [6.07, 6.45) is 7.72. The number of imidazole rings is 1. The molecule has 0 spiro atoms. The summed E-state index contributed by atoms with van der Waals surface area (Å²) in [5.41, 5.74) is 5.97. The molecule has 3 heterocycles. The molecule has 182 valence electrons. The van der Waals surface area contributed by atoms with Crippen LogP contribution in [0.5, 0.6) is 0 Å². The van der Waals surface area contributed by atoms with Crippen LogP contribution in [0.2, 0.25) is 0 Å². The molecule has 0 bridgehead atoms. The molecule has 0 fully saturated rings. The van der Waals surface area contributed by atoms with Crippen molar-refractivity contribution in [1.82, 2.24) is 34.7 Å². The van der Waals surface area contributed by atoms with Gasteiger partial charge in [0.15, 0.2) is 5.82 Å². The minimum absolute atomic E-state index is 0.0317. The molecule has 3 aromatic heterocycles. The smallest absolute Gasteiger partial charge is 0.299 e. The van der Waals surface area contributed by atoms with Gasteiger partial charge in [0.2, 0.25) is 0 Å². The zero-order chi connectivity index (χ0) is 24.7. The van der Waals surface area contributed by atoms with E-state index in [1.807, 2.05) is 76.1 Å². The normalized spacial score (nSPS) is 11.1. The van der Waals surface area contributed by atoms with E-state index < -0.39 is 0 Å². The summed E-state index contributed by atoms with van der Waals surface area (Å²) in [5.74, 6) is 0.598. The Hall–Kier alpha value is -4.33. The average Bonchev–Trinajstić information content (AvgIpc) is 3.56. The number of aryl methyl sites for hydroxylation is 3. The summed E-state index contributed by atoms with van der Waals surface area (Å²) in [6.45, 7) is 3.33. The van der Waals surface area contributed by atoms with Crippen molar-refractivity contribution in [3.63, 3.8) is 0 Å². The van der Waals surface area contributed by atoms with Crippen LogP contribution >= 0.6 is 0 Å². The maximum absolute atomic E-state index is 13.3. The molecule has 0 aliphatic rings. The Balaban J connectivity index is 1.38. The van der Waals surface area contributed by atoms with Crippen LogP contribution < -0.4 is 5.69 Å². The zero-order valence-electron chi connectivity index (χ0n) is 20.3. The predicted octanol–water partition coefficient (Wildman–Crippen LogP) is 4.53. The fourth-order valence-electron chi connectivity index (χ4n) is 4.41. The Morgan fingerprint density at radius 1 is 0.889 bits per heavy atom. The first-order chi connectivity index (χ1) is 17.7. The lowest BCUT2D eigenvalue weighted by Gasteiger charge is -2.09. The lowest BCUT2D eigenvalue weighted by Crippen LogP contribution is -2.26. The van der Waals surface area contributed by atoms with E-state index in [-0.39, 0.29) is 5.69 Å². The van der Waals surface area contributed by atoms with Gasteiger partial charge < -0.3 is 0 Å². The average molecular weight is 480 g/mol. The molecule has 0 unspecified atom stereocenters. The quantitative estimate of drug-likeness (QED) is 0.318. The molecule has 36 heavy (non-hydrogen) atoms. The van der Waals surface area contributed by atoms with Crippen molar-refractivity contribution in [2.24, 2.45) is 0 Å². The highest BCUT2D eigenvalue weighted by atomic mass is 16.1. The first-order valence-corrected chi connectivity index (χ1v) is 12.3. The minimum Gasteiger partial charge on any atom is -0.299 e. The maximum atomic E-state index is 13.3. The number of tetrazole rings is 1. The Bertz CT molecular complexity index is 1450. The number of nitrogens with zero attached hydrogens (tertiary/aromatic N) is 6. The van der Waals surface area contributed by atoms with Crippen LogP contribution in [0.4, 0.5) is 0 Å². The Labute approximate surface area is 209 Å². The molecule has 0 aliphatic heterocycles. The van der Waals surface area contributed by atoms with E-state index in [1.165, 1.54) is 5.56 Å². The van der Waals surface area contributed by atoms with Crippen LogP contribution in [0, 0.1) is 0 Å². The molecule has 0 saturated carbocycles. The molecule has 8 nitrogen and oxygen atoms in total. The summed E-state index contributed by atoms with van der Waals surface area (Å²) >= 11 is 0. The van der Waals surface area contributed by atoms with Crippen molar-refractivity contribution < 1.29 is 0 Å². The molecule has 0 atom stereocenters. The number of unbranched alkanes of at least 4 members (excludes halogenated alkanes) is 1. The Kier molecular flexibility index (Phi) is 7.12. The van der Waals surface area contributed by atoms with Gasteiger partial charge in [-0.2, -0.15) is 0 Å². The standard InChI is InChI=1S/C28H29N7O/c1-2-3-11-23-20-34(17-16-21-9-5-4-6-10-21)28(36)35(23)19-22-14-15-26(29-18-22)24-12-7-8-13-25(24)27-30-32-33-31-27/h4-10,12-15,18,20H,2-3,11,16-17,19H2,1H3,(H,30,31,32,33). The number of H-pyrrole nitrogens is 1. The largest absolute Gasteiger partial charge is 0.328 e. The Morgan fingerprint density at radius 3 is 2.42 bits per heavy atom. The zero-order valence-corrected chi connectivity index (χ0v) is 20.3. The topological polar surface area (TPSA) is 94.3 Å². The van der Waals surface area contributed by atoms with Crippen molar-refractivity contribution in [1.29, 1.82) is 0 Å². The third-order valence-electron chi connectivity index (χ3n) is 6.37. The molecular weight excluding hydrogens is 450 g/mol. The van der Waals surface area contributed by atoms with Gasteiger partial charge in [-0.15, -0.1) is 5.10 Å². The van der Waals surface area contributed by atoms with Crippen molar-refractivity contribution in [2.75, 3.05) is 0 Å². The summed E-state index contributed by atoms with van der Waals surface area (Å²) in [6, 6.07) is 22.2. The second kappa shape index (κ2) is 10.9. The lowest BCUT2D eigenvalue weighted by atomic mass is 10.0. The number of rotatable bonds is 10.